The lowest BCUT2D eigenvalue weighted by molar-refractivity contribution is -0.113. The maximum Gasteiger partial charge on any atom is 0.218 e. The third-order valence-electron chi connectivity index (χ3n) is 5.04. The maximum atomic E-state index is 12.8. The molecule has 1 fully saturated rings. The number of methoxy groups -OCH3 is 1. The lowest BCUT2D eigenvalue weighted by Gasteiger charge is -2.22. The quantitative estimate of drug-likeness (QED) is 0.562. The Labute approximate surface area is 177 Å². The van der Waals surface area contributed by atoms with E-state index in [-0.39, 0.29) is 10.9 Å². The number of carbonyl (C=O) groups is 1. The van der Waals surface area contributed by atoms with Crippen molar-refractivity contribution in [2.45, 2.75) is 37.5 Å². The van der Waals surface area contributed by atoms with Gasteiger partial charge in [-0.05, 0) is 48.9 Å². The van der Waals surface area contributed by atoms with Gasteiger partial charge in [-0.25, -0.2) is 8.42 Å². The molecule has 2 aromatic rings. The van der Waals surface area contributed by atoms with Gasteiger partial charge >= 0.3 is 0 Å². The second kappa shape index (κ2) is 10.3. The molecule has 156 valence electrons. The van der Waals surface area contributed by atoms with E-state index in [1.165, 1.54) is 21.6 Å². The summed E-state index contributed by atoms with van der Waals surface area (Å²) >= 11 is 1.26. The molecule has 0 N–H and O–H groups in total. The summed E-state index contributed by atoms with van der Waals surface area (Å²) in [6, 6.07) is 16.5. The summed E-state index contributed by atoms with van der Waals surface area (Å²) in [6.07, 6.45) is 3.09. The van der Waals surface area contributed by atoms with Crippen molar-refractivity contribution in [2.24, 2.45) is 0 Å². The van der Waals surface area contributed by atoms with Crippen LogP contribution >= 0.6 is 11.8 Å². The van der Waals surface area contributed by atoms with Crippen molar-refractivity contribution in [3.63, 3.8) is 0 Å². The van der Waals surface area contributed by atoms with Crippen LogP contribution in [0.15, 0.2) is 54.6 Å². The monoisotopic (exact) mass is 433 g/mol. The molecule has 0 spiro atoms. The van der Waals surface area contributed by atoms with Crippen LogP contribution in [0, 0.1) is 0 Å². The van der Waals surface area contributed by atoms with Gasteiger partial charge in [-0.15, -0.1) is 0 Å². The molecular formula is C22H27NO4S2. The Kier molecular flexibility index (Phi) is 7.75. The molecule has 5 nitrogen and oxygen atoms in total. The van der Waals surface area contributed by atoms with Gasteiger partial charge in [-0.3, -0.25) is 4.79 Å². The zero-order valence-corrected chi connectivity index (χ0v) is 18.3. The van der Waals surface area contributed by atoms with E-state index in [1.807, 2.05) is 42.5 Å². The minimum atomic E-state index is -3.50. The molecule has 0 aliphatic carbocycles. The topological polar surface area (TPSA) is 63.7 Å². The fraction of sp³-hybridized carbons (Fsp3) is 0.409. The normalized spacial score (nSPS) is 17.3. The van der Waals surface area contributed by atoms with Crippen LogP contribution in [0.1, 0.15) is 30.4 Å². The molecule has 0 unspecified atom stereocenters. The Morgan fingerprint density at radius 1 is 1.10 bits per heavy atom. The van der Waals surface area contributed by atoms with Gasteiger partial charge < -0.3 is 4.74 Å². The second-order valence-corrected chi connectivity index (χ2v) is 10.2. The molecule has 1 atom stereocenters. The number of rotatable bonds is 9. The van der Waals surface area contributed by atoms with E-state index in [1.54, 1.807) is 19.2 Å². The van der Waals surface area contributed by atoms with E-state index in [4.69, 9.17) is 4.74 Å². The lowest BCUT2D eigenvalue weighted by atomic mass is 10.1. The highest BCUT2D eigenvalue weighted by Gasteiger charge is 2.38. The van der Waals surface area contributed by atoms with Crippen molar-refractivity contribution in [1.29, 1.82) is 0 Å². The van der Waals surface area contributed by atoms with E-state index in [2.05, 4.69) is 0 Å². The maximum absolute atomic E-state index is 12.8. The largest absolute Gasteiger partial charge is 0.497 e. The van der Waals surface area contributed by atoms with E-state index < -0.39 is 16.1 Å². The van der Waals surface area contributed by atoms with Crippen LogP contribution < -0.4 is 4.74 Å². The number of hydrogen-bond donors (Lipinski definition) is 0. The predicted octanol–water partition coefficient (Wildman–Crippen LogP) is 3.88. The molecule has 3 rings (SSSR count). The fourth-order valence-electron chi connectivity index (χ4n) is 3.51. The zero-order chi connectivity index (χ0) is 20.7. The first-order valence-electron chi connectivity index (χ1n) is 9.82. The number of ether oxygens (including phenoxy) is 1. The number of nitrogens with zero attached hydrogens (tertiary/aromatic N) is 1. The summed E-state index contributed by atoms with van der Waals surface area (Å²) in [5, 5.41) is -0.0335. The summed E-state index contributed by atoms with van der Waals surface area (Å²) in [7, 11) is -1.86. The number of thioether (sulfide) groups is 1. The summed E-state index contributed by atoms with van der Waals surface area (Å²) < 4.78 is 32.2. The highest BCUT2D eigenvalue weighted by atomic mass is 32.2. The SMILES string of the molecule is COc1ccc(CCCSC(=O)[C@@H]2CCCN2S(=O)(=O)Cc2ccccc2)cc1. The van der Waals surface area contributed by atoms with Crippen LogP contribution in [-0.2, 0) is 27.0 Å². The van der Waals surface area contributed by atoms with Crippen LogP contribution in [0.25, 0.3) is 0 Å². The van der Waals surface area contributed by atoms with Gasteiger partial charge in [0.2, 0.25) is 15.1 Å². The van der Waals surface area contributed by atoms with Gasteiger partial charge in [0.05, 0.1) is 18.9 Å². The molecule has 0 aromatic heterocycles. The van der Waals surface area contributed by atoms with E-state index >= 15 is 0 Å². The molecule has 0 radical (unpaired) electrons. The number of sulfonamides is 1. The lowest BCUT2D eigenvalue weighted by Crippen LogP contribution is -2.40. The molecular weight excluding hydrogens is 406 g/mol. The van der Waals surface area contributed by atoms with Crippen LogP contribution in [0.2, 0.25) is 0 Å². The van der Waals surface area contributed by atoms with E-state index in [0.29, 0.717) is 18.7 Å². The molecule has 0 amide bonds. The van der Waals surface area contributed by atoms with Gasteiger partial charge in [0, 0.05) is 12.3 Å². The van der Waals surface area contributed by atoms with Gasteiger partial charge in [-0.2, -0.15) is 4.31 Å². The third kappa shape index (κ3) is 6.07. The molecule has 1 saturated heterocycles. The summed E-state index contributed by atoms with van der Waals surface area (Å²) in [6.45, 7) is 0.429. The molecule has 7 heteroatoms. The van der Waals surface area contributed by atoms with E-state index in [0.717, 1.165) is 30.6 Å². The Morgan fingerprint density at radius 2 is 1.83 bits per heavy atom. The van der Waals surface area contributed by atoms with Crippen molar-refractivity contribution < 1.29 is 17.9 Å². The molecule has 29 heavy (non-hydrogen) atoms. The summed E-state index contributed by atoms with van der Waals surface area (Å²) in [4.78, 5) is 12.7. The van der Waals surface area contributed by atoms with Crippen LogP contribution in [-0.4, -0.2) is 43.3 Å². The summed E-state index contributed by atoms with van der Waals surface area (Å²) in [5.41, 5.74) is 1.95. The Morgan fingerprint density at radius 3 is 2.52 bits per heavy atom. The molecule has 0 bridgehead atoms. The first-order valence-corrected chi connectivity index (χ1v) is 12.4. The Hall–Kier alpha value is -1.83. The van der Waals surface area contributed by atoms with Crippen molar-refractivity contribution in [1.82, 2.24) is 4.31 Å². The van der Waals surface area contributed by atoms with Crippen molar-refractivity contribution in [3.8, 4) is 5.75 Å². The standard InChI is InChI=1S/C22H27NO4S2/c1-27-20-13-11-18(12-14-20)9-6-16-28-22(24)21-10-5-15-23(21)29(25,26)17-19-7-3-2-4-8-19/h2-4,7-8,11-14,21H,5-6,9-10,15-17H2,1H3/t21-/m0/s1. The van der Waals surface area contributed by atoms with Gasteiger partial charge in [0.1, 0.15) is 5.75 Å². The summed E-state index contributed by atoms with van der Waals surface area (Å²) in [5.74, 6) is 1.46. The molecule has 1 aliphatic heterocycles. The zero-order valence-electron chi connectivity index (χ0n) is 16.6. The number of aryl methyl sites for hydroxylation is 1. The Bertz CT molecular complexity index is 898. The van der Waals surface area contributed by atoms with Crippen molar-refractivity contribution >= 4 is 26.9 Å². The van der Waals surface area contributed by atoms with Crippen LogP contribution in [0.5, 0.6) is 5.75 Å². The Balaban J connectivity index is 1.50. The second-order valence-electron chi connectivity index (χ2n) is 7.13. The fourth-order valence-corrected chi connectivity index (χ4v) is 6.28. The minimum Gasteiger partial charge on any atom is -0.497 e. The number of benzene rings is 2. The van der Waals surface area contributed by atoms with Crippen LogP contribution in [0.3, 0.4) is 0 Å². The smallest absolute Gasteiger partial charge is 0.218 e. The third-order valence-corrected chi connectivity index (χ3v) is 7.94. The van der Waals surface area contributed by atoms with Gasteiger partial charge in [-0.1, -0.05) is 54.2 Å². The van der Waals surface area contributed by atoms with Crippen molar-refractivity contribution in [3.05, 3.63) is 65.7 Å². The molecule has 1 heterocycles. The highest BCUT2D eigenvalue weighted by molar-refractivity contribution is 8.13. The molecule has 1 aliphatic rings. The average Bonchev–Trinajstić information content (AvgIpc) is 3.23. The minimum absolute atomic E-state index is 0.0335. The first kappa shape index (κ1) is 21.9. The number of carbonyl (C=O) groups excluding carboxylic acids is 1. The van der Waals surface area contributed by atoms with Gasteiger partial charge in [0.25, 0.3) is 0 Å². The molecule has 0 saturated carbocycles. The molecule has 2 aromatic carbocycles. The first-order chi connectivity index (χ1) is 14.0. The van der Waals surface area contributed by atoms with Crippen molar-refractivity contribution in [2.75, 3.05) is 19.4 Å². The predicted molar refractivity (Wildman–Crippen MR) is 118 cm³/mol. The number of hydrogen-bond acceptors (Lipinski definition) is 5. The highest BCUT2D eigenvalue weighted by Crippen LogP contribution is 2.27. The average molecular weight is 434 g/mol. The van der Waals surface area contributed by atoms with E-state index in [9.17, 15) is 13.2 Å². The van der Waals surface area contributed by atoms with Crippen LogP contribution in [0.4, 0.5) is 0 Å². The van der Waals surface area contributed by atoms with Gasteiger partial charge in [0.15, 0.2) is 0 Å².